The summed E-state index contributed by atoms with van der Waals surface area (Å²) in [6, 6.07) is 6.14. The predicted octanol–water partition coefficient (Wildman–Crippen LogP) is 3.77. The predicted molar refractivity (Wildman–Crippen MR) is 90.9 cm³/mol. The van der Waals surface area contributed by atoms with Crippen LogP contribution in [0.2, 0.25) is 0 Å². The lowest BCUT2D eigenvalue weighted by Gasteiger charge is -2.27. The Morgan fingerprint density at radius 1 is 1.05 bits per heavy atom. The largest absolute Gasteiger partial charge is 0.357 e. The van der Waals surface area contributed by atoms with Gasteiger partial charge in [0.05, 0.1) is 5.52 Å². The molecule has 1 fully saturated rings. The normalized spacial score (nSPS) is 15.4. The molecule has 0 spiro atoms. The molecule has 1 aliphatic rings. The van der Waals surface area contributed by atoms with Crippen molar-refractivity contribution in [3.8, 4) is 11.4 Å². The summed E-state index contributed by atoms with van der Waals surface area (Å²) in [6.07, 6.45) is 7.37. The van der Waals surface area contributed by atoms with Gasteiger partial charge in [-0.25, -0.2) is 9.97 Å². The van der Waals surface area contributed by atoms with Gasteiger partial charge in [-0.05, 0) is 53.4 Å². The maximum atomic E-state index is 4.72. The van der Waals surface area contributed by atoms with Crippen LogP contribution in [0.5, 0.6) is 0 Å². The second kappa shape index (κ2) is 5.68. The van der Waals surface area contributed by atoms with Crippen LogP contribution in [0.4, 0.5) is 5.82 Å². The lowest BCUT2D eigenvalue weighted by Crippen LogP contribution is -2.30. The Balaban J connectivity index is 1.71. The van der Waals surface area contributed by atoms with Crippen LogP contribution in [0.15, 0.2) is 35.1 Å². The fraction of sp³-hybridized carbons (Fsp3) is 0.312. The Bertz CT molecular complexity index is 807. The number of fused-ring (bicyclic) bond motifs is 1. The number of anilines is 1. The zero-order chi connectivity index (χ0) is 14.9. The van der Waals surface area contributed by atoms with Crippen LogP contribution in [0.25, 0.3) is 22.6 Å². The molecule has 0 radical (unpaired) electrons. The van der Waals surface area contributed by atoms with Gasteiger partial charge >= 0.3 is 0 Å². The minimum absolute atomic E-state index is 0.762. The quantitative estimate of drug-likeness (QED) is 0.758. The van der Waals surface area contributed by atoms with E-state index in [0.717, 1.165) is 45.9 Å². The van der Waals surface area contributed by atoms with Crippen LogP contribution in [-0.2, 0) is 0 Å². The minimum atomic E-state index is 0.762. The molecule has 4 heterocycles. The molecular formula is C16H16BrN5. The molecular weight excluding hydrogens is 342 g/mol. The van der Waals surface area contributed by atoms with Crippen LogP contribution < -0.4 is 4.90 Å². The number of halogens is 1. The van der Waals surface area contributed by atoms with Crippen molar-refractivity contribution >= 4 is 32.9 Å². The van der Waals surface area contributed by atoms with Crippen molar-refractivity contribution in [1.29, 1.82) is 0 Å². The maximum absolute atomic E-state index is 4.72. The standard InChI is InChI=1S/C16H16BrN5/c17-12-8-11(9-18-10-12)15-19-13-4-5-14(20-16(13)21-15)22-6-2-1-3-7-22/h4-5,8-10H,1-3,6-7H2,(H,19,20,21). The number of piperidine rings is 1. The topological polar surface area (TPSA) is 57.7 Å². The molecule has 5 nitrogen and oxygen atoms in total. The number of nitrogens with zero attached hydrogens (tertiary/aromatic N) is 4. The van der Waals surface area contributed by atoms with E-state index in [9.17, 15) is 0 Å². The highest BCUT2D eigenvalue weighted by atomic mass is 79.9. The van der Waals surface area contributed by atoms with Gasteiger partial charge in [-0.1, -0.05) is 0 Å². The third-order valence-corrected chi connectivity index (χ3v) is 4.42. The Labute approximate surface area is 136 Å². The molecule has 0 unspecified atom stereocenters. The Hall–Kier alpha value is -1.95. The van der Waals surface area contributed by atoms with Crippen LogP contribution in [-0.4, -0.2) is 33.0 Å². The van der Waals surface area contributed by atoms with Gasteiger partial charge in [0.15, 0.2) is 5.65 Å². The molecule has 3 aromatic rings. The molecule has 0 bridgehead atoms. The molecule has 22 heavy (non-hydrogen) atoms. The second-order valence-electron chi connectivity index (χ2n) is 5.57. The summed E-state index contributed by atoms with van der Waals surface area (Å²) in [5, 5.41) is 0. The van der Waals surface area contributed by atoms with Crippen molar-refractivity contribution in [2.75, 3.05) is 18.0 Å². The highest BCUT2D eigenvalue weighted by Gasteiger charge is 2.14. The van der Waals surface area contributed by atoms with Crippen molar-refractivity contribution in [2.24, 2.45) is 0 Å². The summed E-state index contributed by atoms with van der Waals surface area (Å²) in [6.45, 7) is 2.18. The Morgan fingerprint density at radius 2 is 1.91 bits per heavy atom. The van der Waals surface area contributed by atoms with E-state index >= 15 is 0 Å². The van der Waals surface area contributed by atoms with Crippen LogP contribution >= 0.6 is 15.9 Å². The first-order chi connectivity index (χ1) is 10.8. The first-order valence-electron chi connectivity index (χ1n) is 7.52. The molecule has 0 amide bonds. The molecule has 0 aromatic carbocycles. The number of aromatic nitrogens is 4. The Morgan fingerprint density at radius 3 is 2.73 bits per heavy atom. The van der Waals surface area contributed by atoms with Crippen LogP contribution in [0.1, 0.15) is 19.3 Å². The number of nitrogens with one attached hydrogen (secondary N) is 1. The summed E-state index contributed by atoms with van der Waals surface area (Å²) < 4.78 is 0.937. The van der Waals surface area contributed by atoms with Gasteiger partial charge in [0.1, 0.15) is 11.6 Å². The zero-order valence-electron chi connectivity index (χ0n) is 12.1. The van der Waals surface area contributed by atoms with Gasteiger partial charge in [-0.3, -0.25) is 4.98 Å². The smallest absolute Gasteiger partial charge is 0.180 e. The van der Waals surface area contributed by atoms with E-state index < -0.39 is 0 Å². The van der Waals surface area contributed by atoms with Gasteiger partial charge in [0.25, 0.3) is 0 Å². The van der Waals surface area contributed by atoms with E-state index in [1.807, 2.05) is 6.07 Å². The number of H-pyrrole nitrogens is 1. The molecule has 1 aliphatic heterocycles. The molecule has 1 saturated heterocycles. The number of aromatic amines is 1. The molecule has 0 aliphatic carbocycles. The third-order valence-electron chi connectivity index (χ3n) is 3.99. The number of pyridine rings is 2. The third kappa shape index (κ3) is 2.59. The zero-order valence-corrected chi connectivity index (χ0v) is 13.7. The fourth-order valence-electron chi connectivity index (χ4n) is 2.86. The van der Waals surface area contributed by atoms with Gasteiger partial charge in [0, 0.05) is 35.5 Å². The number of hydrogen-bond donors (Lipinski definition) is 1. The summed E-state index contributed by atoms with van der Waals surface area (Å²) in [4.78, 5) is 19.2. The van der Waals surface area contributed by atoms with Crippen molar-refractivity contribution < 1.29 is 0 Å². The van der Waals surface area contributed by atoms with Crippen molar-refractivity contribution in [3.63, 3.8) is 0 Å². The summed E-state index contributed by atoms with van der Waals surface area (Å²) >= 11 is 3.44. The van der Waals surface area contributed by atoms with Crippen molar-refractivity contribution in [3.05, 3.63) is 35.1 Å². The highest BCUT2D eigenvalue weighted by Crippen LogP contribution is 2.24. The molecule has 6 heteroatoms. The van der Waals surface area contributed by atoms with Gasteiger partial charge < -0.3 is 9.88 Å². The summed E-state index contributed by atoms with van der Waals surface area (Å²) in [7, 11) is 0. The monoisotopic (exact) mass is 357 g/mol. The molecule has 112 valence electrons. The molecule has 0 atom stereocenters. The van der Waals surface area contributed by atoms with Gasteiger partial charge in [-0.15, -0.1) is 0 Å². The Kier molecular flexibility index (Phi) is 3.54. The van der Waals surface area contributed by atoms with E-state index in [0.29, 0.717) is 0 Å². The van der Waals surface area contributed by atoms with E-state index in [1.165, 1.54) is 19.3 Å². The maximum Gasteiger partial charge on any atom is 0.180 e. The van der Waals surface area contributed by atoms with Gasteiger partial charge in [-0.2, -0.15) is 0 Å². The molecule has 3 aromatic heterocycles. The van der Waals surface area contributed by atoms with E-state index in [2.05, 4.69) is 47.9 Å². The molecule has 1 N–H and O–H groups in total. The highest BCUT2D eigenvalue weighted by molar-refractivity contribution is 9.10. The van der Waals surface area contributed by atoms with E-state index in [1.54, 1.807) is 12.4 Å². The lowest BCUT2D eigenvalue weighted by molar-refractivity contribution is 0.574. The average Bonchev–Trinajstić information content (AvgIpc) is 2.99. The minimum Gasteiger partial charge on any atom is -0.357 e. The molecule has 4 rings (SSSR count). The lowest BCUT2D eigenvalue weighted by atomic mass is 10.1. The average molecular weight is 358 g/mol. The second-order valence-corrected chi connectivity index (χ2v) is 6.48. The van der Waals surface area contributed by atoms with Crippen LogP contribution in [0.3, 0.4) is 0 Å². The fourth-order valence-corrected chi connectivity index (χ4v) is 3.22. The SMILES string of the molecule is Brc1cncc(-c2nc3nc(N4CCCCC4)ccc3[nH]2)c1. The van der Waals surface area contributed by atoms with Crippen molar-refractivity contribution in [2.45, 2.75) is 19.3 Å². The van der Waals surface area contributed by atoms with E-state index in [4.69, 9.17) is 4.98 Å². The number of hydrogen-bond acceptors (Lipinski definition) is 4. The van der Waals surface area contributed by atoms with Crippen LogP contribution in [0, 0.1) is 0 Å². The number of rotatable bonds is 2. The van der Waals surface area contributed by atoms with Crippen molar-refractivity contribution in [1.82, 2.24) is 19.9 Å². The summed E-state index contributed by atoms with van der Waals surface area (Å²) in [5.74, 6) is 1.82. The van der Waals surface area contributed by atoms with Gasteiger partial charge in [0.2, 0.25) is 0 Å². The first-order valence-corrected chi connectivity index (χ1v) is 8.31. The molecule has 0 saturated carbocycles. The summed E-state index contributed by atoms with van der Waals surface area (Å²) in [5.41, 5.74) is 2.67. The first kappa shape index (κ1) is 13.7. The number of imidazole rings is 1. The van der Waals surface area contributed by atoms with E-state index in [-0.39, 0.29) is 0 Å².